The summed E-state index contributed by atoms with van der Waals surface area (Å²) in [6, 6.07) is 9.92. The molecule has 3 heteroatoms. The molecule has 104 valence electrons. The van der Waals surface area contributed by atoms with Crippen molar-refractivity contribution in [2.75, 3.05) is 20.1 Å². The topological polar surface area (TPSA) is 15.3 Å². The minimum absolute atomic E-state index is 0.575. The Hall–Kier alpha value is -0.570. The minimum atomic E-state index is 0.575. The average molecular weight is 279 g/mol. The van der Waals surface area contributed by atoms with Gasteiger partial charge in [-0.15, -0.1) is 0 Å². The fraction of sp³-hybridized carbons (Fsp3) is 0.625. The van der Waals surface area contributed by atoms with E-state index in [0.29, 0.717) is 6.04 Å². The number of hydrogen-bond donors (Lipinski definition) is 1. The molecule has 1 aromatic rings. The van der Waals surface area contributed by atoms with Crippen LogP contribution in [0.25, 0.3) is 0 Å². The smallest absolute Gasteiger partial charge is 0.0406 e. The van der Waals surface area contributed by atoms with Gasteiger partial charge in [-0.1, -0.05) is 23.7 Å². The van der Waals surface area contributed by atoms with E-state index in [-0.39, 0.29) is 0 Å². The van der Waals surface area contributed by atoms with Crippen LogP contribution in [-0.4, -0.2) is 31.1 Å². The largest absolute Gasteiger partial charge is 0.319 e. The van der Waals surface area contributed by atoms with Crippen molar-refractivity contribution in [2.45, 2.75) is 37.8 Å². The van der Waals surface area contributed by atoms with Crippen LogP contribution < -0.4 is 5.32 Å². The van der Waals surface area contributed by atoms with E-state index < -0.39 is 0 Å². The fourth-order valence-electron chi connectivity index (χ4n) is 3.52. The normalized spacial score (nSPS) is 28.5. The summed E-state index contributed by atoms with van der Waals surface area (Å²) >= 11 is 6.03. The molecule has 0 aromatic heterocycles. The summed E-state index contributed by atoms with van der Waals surface area (Å²) in [5.41, 5.74) is 1.44. The number of nitrogens with one attached hydrogen (secondary N) is 1. The first-order chi connectivity index (χ1) is 9.29. The van der Waals surface area contributed by atoms with E-state index in [2.05, 4.69) is 29.4 Å². The lowest BCUT2D eigenvalue weighted by molar-refractivity contribution is 0.0845. The predicted molar refractivity (Wildman–Crippen MR) is 80.6 cm³/mol. The van der Waals surface area contributed by atoms with Crippen LogP contribution in [0.3, 0.4) is 0 Å². The molecule has 2 atom stereocenters. The van der Waals surface area contributed by atoms with E-state index in [9.17, 15) is 0 Å². The van der Waals surface area contributed by atoms with Gasteiger partial charge in [-0.3, -0.25) is 4.90 Å². The zero-order valence-corrected chi connectivity index (χ0v) is 12.4. The SMILES string of the molecule is CNCC1CCCN(C2CC2)C1c1ccc(Cl)cc1. The van der Waals surface area contributed by atoms with Gasteiger partial charge in [0, 0.05) is 17.1 Å². The van der Waals surface area contributed by atoms with Crippen LogP contribution >= 0.6 is 11.6 Å². The Morgan fingerprint density at radius 3 is 2.58 bits per heavy atom. The monoisotopic (exact) mass is 278 g/mol. The van der Waals surface area contributed by atoms with E-state index in [1.165, 1.54) is 37.8 Å². The molecule has 19 heavy (non-hydrogen) atoms. The Morgan fingerprint density at radius 2 is 1.95 bits per heavy atom. The van der Waals surface area contributed by atoms with Gasteiger partial charge in [-0.25, -0.2) is 0 Å². The van der Waals surface area contributed by atoms with Crippen molar-refractivity contribution in [3.63, 3.8) is 0 Å². The maximum absolute atomic E-state index is 6.03. The molecule has 2 nitrogen and oxygen atoms in total. The quantitative estimate of drug-likeness (QED) is 0.907. The molecule has 1 saturated heterocycles. The number of hydrogen-bond acceptors (Lipinski definition) is 2. The van der Waals surface area contributed by atoms with Gasteiger partial charge in [0.25, 0.3) is 0 Å². The van der Waals surface area contributed by atoms with Crippen LogP contribution in [0.5, 0.6) is 0 Å². The second kappa shape index (κ2) is 5.82. The van der Waals surface area contributed by atoms with Gasteiger partial charge in [-0.05, 0) is 69.4 Å². The molecule has 2 aliphatic rings. The molecule has 2 unspecified atom stereocenters. The number of halogens is 1. The first-order valence-corrected chi connectivity index (χ1v) is 7.83. The van der Waals surface area contributed by atoms with Crippen molar-refractivity contribution >= 4 is 11.6 Å². The third kappa shape index (κ3) is 2.96. The summed E-state index contributed by atoms with van der Waals surface area (Å²) in [4.78, 5) is 2.74. The summed E-state index contributed by atoms with van der Waals surface area (Å²) < 4.78 is 0. The highest BCUT2D eigenvalue weighted by Crippen LogP contribution is 2.42. The highest BCUT2D eigenvalue weighted by Gasteiger charge is 2.40. The van der Waals surface area contributed by atoms with Crippen molar-refractivity contribution in [1.29, 1.82) is 0 Å². The van der Waals surface area contributed by atoms with Crippen molar-refractivity contribution in [3.8, 4) is 0 Å². The molecule has 1 aliphatic heterocycles. The van der Waals surface area contributed by atoms with Crippen LogP contribution in [0.15, 0.2) is 24.3 Å². The molecule has 1 N–H and O–H groups in total. The first-order valence-electron chi connectivity index (χ1n) is 7.45. The third-order valence-electron chi connectivity index (χ3n) is 4.49. The third-order valence-corrected chi connectivity index (χ3v) is 4.74. The Labute approximate surface area is 121 Å². The van der Waals surface area contributed by atoms with Crippen LogP contribution in [0.2, 0.25) is 5.02 Å². The van der Waals surface area contributed by atoms with Crippen LogP contribution in [-0.2, 0) is 0 Å². The molecular formula is C16H23ClN2. The molecule has 0 spiro atoms. The maximum Gasteiger partial charge on any atom is 0.0406 e. The average Bonchev–Trinajstić information content (AvgIpc) is 3.24. The maximum atomic E-state index is 6.03. The van der Waals surface area contributed by atoms with Gasteiger partial charge in [0.1, 0.15) is 0 Å². The van der Waals surface area contributed by atoms with Crippen molar-refractivity contribution in [1.82, 2.24) is 10.2 Å². The van der Waals surface area contributed by atoms with E-state index in [0.717, 1.165) is 23.5 Å². The summed E-state index contributed by atoms with van der Waals surface area (Å²) in [6.07, 6.45) is 5.44. The number of likely N-dealkylation sites (tertiary alicyclic amines) is 1. The van der Waals surface area contributed by atoms with Crippen molar-refractivity contribution in [2.24, 2.45) is 5.92 Å². The summed E-state index contributed by atoms with van der Waals surface area (Å²) in [5, 5.41) is 4.21. The zero-order chi connectivity index (χ0) is 13.2. The van der Waals surface area contributed by atoms with Gasteiger partial charge >= 0.3 is 0 Å². The Kier molecular flexibility index (Phi) is 4.11. The highest BCUT2D eigenvalue weighted by atomic mass is 35.5. The lowest BCUT2D eigenvalue weighted by Crippen LogP contribution is -2.43. The Morgan fingerprint density at radius 1 is 1.21 bits per heavy atom. The standard InChI is InChI=1S/C16H23ClN2/c1-18-11-13-3-2-10-19(15-8-9-15)16(13)12-4-6-14(17)7-5-12/h4-7,13,15-16,18H,2-3,8-11H2,1H3. The minimum Gasteiger partial charge on any atom is -0.319 e. The number of nitrogens with zero attached hydrogens (tertiary/aromatic N) is 1. The van der Waals surface area contributed by atoms with E-state index >= 15 is 0 Å². The fourth-order valence-corrected chi connectivity index (χ4v) is 3.65. The molecule has 1 saturated carbocycles. The molecule has 0 bridgehead atoms. The molecule has 0 radical (unpaired) electrons. The molecule has 1 aromatic carbocycles. The molecule has 0 amide bonds. The van der Waals surface area contributed by atoms with Crippen LogP contribution in [0.1, 0.15) is 37.3 Å². The highest BCUT2D eigenvalue weighted by molar-refractivity contribution is 6.30. The van der Waals surface area contributed by atoms with Gasteiger partial charge in [0.2, 0.25) is 0 Å². The van der Waals surface area contributed by atoms with Gasteiger partial charge in [0.05, 0.1) is 0 Å². The second-order valence-corrected chi connectivity index (χ2v) is 6.36. The van der Waals surface area contributed by atoms with E-state index in [1.807, 2.05) is 12.1 Å². The predicted octanol–water partition coefficient (Wildman–Crippen LogP) is 3.47. The lowest BCUT2D eigenvalue weighted by Gasteiger charge is -2.42. The number of piperidine rings is 1. The number of rotatable bonds is 4. The molecule has 1 heterocycles. The van der Waals surface area contributed by atoms with Crippen molar-refractivity contribution < 1.29 is 0 Å². The van der Waals surface area contributed by atoms with Gasteiger partial charge in [-0.2, -0.15) is 0 Å². The van der Waals surface area contributed by atoms with E-state index in [4.69, 9.17) is 11.6 Å². The van der Waals surface area contributed by atoms with Gasteiger partial charge < -0.3 is 5.32 Å². The zero-order valence-electron chi connectivity index (χ0n) is 11.6. The molecule has 2 fully saturated rings. The summed E-state index contributed by atoms with van der Waals surface area (Å²) in [6.45, 7) is 2.37. The summed E-state index contributed by atoms with van der Waals surface area (Å²) in [5.74, 6) is 0.723. The Balaban J connectivity index is 1.87. The number of benzene rings is 1. The van der Waals surface area contributed by atoms with Crippen LogP contribution in [0.4, 0.5) is 0 Å². The second-order valence-electron chi connectivity index (χ2n) is 5.93. The Bertz CT molecular complexity index is 411. The molecule has 3 rings (SSSR count). The summed E-state index contributed by atoms with van der Waals surface area (Å²) in [7, 11) is 2.06. The molecular weight excluding hydrogens is 256 g/mol. The van der Waals surface area contributed by atoms with E-state index in [1.54, 1.807) is 0 Å². The lowest BCUT2D eigenvalue weighted by atomic mass is 9.84. The van der Waals surface area contributed by atoms with Gasteiger partial charge in [0.15, 0.2) is 0 Å². The van der Waals surface area contributed by atoms with Crippen LogP contribution in [0, 0.1) is 5.92 Å². The molecule has 1 aliphatic carbocycles. The first kappa shape index (κ1) is 13.4. The van der Waals surface area contributed by atoms with Crippen molar-refractivity contribution in [3.05, 3.63) is 34.9 Å².